The number of nitrogens with one attached hydrogen (secondary N) is 2. The quantitative estimate of drug-likeness (QED) is 0.747. The number of hydrogen-bond acceptors (Lipinski definition) is 2. The van der Waals surface area contributed by atoms with Crippen LogP contribution in [0.15, 0.2) is 24.3 Å². The smallest absolute Gasteiger partial charge is 0.234 e. The van der Waals surface area contributed by atoms with Crippen LogP contribution in [0.3, 0.4) is 0 Å². The zero-order chi connectivity index (χ0) is 11.8. The molecule has 0 aliphatic carbocycles. The van der Waals surface area contributed by atoms with Crippen LogP contribution in [0.25, 0.3) is 0 Å². The van der Waals surface area contributed by atoms with Gasteiger partial charge in [0, 0.05) is 11.6 Å². The van der Waals surface area contributed by atoms with Crippen molar-refractivity contribution in [3.63, 3.8) is 0 Å². The van der Waals surface area contributed by atoms with Crippen molar-refractivity contribution >= 4 is 17.5 Å². The SMILES string of the molecule is CCCNCC(=O)NCc1ccccc1Cl. The van der Waals surface area contributed by atoms with Gasteiger partial charge in [-0.3, -0.25) is 4.79 Å². The van der Waals surface area contributed by atoms with E-state index in [9.17, 15) is 4.79 Å². The molecule has 16 heavy (non-hydrogen) atoms. The molecule has 0 spiro atoms. The Hall–Kier alpha value is -1.06. The molecule has 1 aromatic carbocycles. The standard InChI is InChI=1S/C12H17ClN2O/c1-2-7-14-9-12(16)15-8-10-5-3-4-6-11(10)13/h3-6,14H,2,7-9H2,1H3,(H,15,16). The zero-order valence-electron chi connectivity index (χ0n) is 9.42. The van der Waals surface area contributed by atoms with Crippen molar-refractivity contribution in [2.75, 3.05) is 13.1 Å². The Morgan fingerprint density at radius 1 is 1.38 bits per heavy atom. The van der Waals surface area contributed by atoms with E-state index in [0.29, 0.717) is 18.1 Å². The first-order chi connectivity index (χ1) is 7.74. The maximum Gasteiger partial charge on any atom is 0.234 e. The van der Waals surface area contributed by atoms with Crippen LogP contribution in [-0.2, 0) is 11.3 Å². The van der Waals surface area contributed by atoms with Crippen molar-refractivity contribution in [1.82, 2.24) is 10.6 Å². The lowest BCUT2D eigenvalue weighted by Crippen LogP contribution is -2.33. The first-order valence-corrected chi connectivity index (χ1v) is 5.82. The Morgan fingerprint density at radius 2 is 2.12 bits per heavy atom. The molecule has 0 aliphatic heterocycles. The molecule has 0 fully saturated rings. The third-order valence-corrected chi connectivity index (χ3v) is 2.51. The molecular weight excluding hydrogens is 224 g/mol. The summed E-state index contributed by atoms with van der Waals surface area (Å²) >= 11 is 5.97. The molecule has 2 N–H and O–H groups in total. The number of benzene rings is 1. The molecule has 0 aliphatic rings. The third kappa shape index (κ3) is 4.64. The lowest BCUT2D eigenvalue weighted by atomic mass is 10.2. The number of hydrogen-bond donors (Lipinski definition) is 2. The normalized spacial score (nSPS) is 10.1. The van der Waals surface area contributed by atoms with E-state index in [1.54, 1.807) is 0 Å². The van der Waals surface area contributed by atoms with Crippen LogP contribution in [-0.4, -0.2) is 19.0 Å². The topological polar surface area (TPSA) is 41.1 Å². The van der Waals surface area contributed by atoms with E-state index >= 15 is 0 Å². The van der Waals surface area contributed by atoms with Gasteiger partial charge in [-0.2, -0.15) is 0 Å². The minimum Gasteiger partial charge on any atom is -0.351 e. The second-order valence-corrected chi connectivity index (χ2v) is 3.95. The highest BCUT2D eigenvalue weighted by Crippen LogP contribution is 2.13. The fourth-order valence-corrected chi connectivity index (χ4v) is 1.48. The van der Waals surface area contributed by atoms with Crippen LogP contribution in [0.2, 0.25) is 5.02 Å². The van der Waals surface area contributed by atoms with Gasteiger partial charge in [0.15, 0.2) is 0 Å². The molecule has 1 amide bonds. The van der Waals surface area contributed by atoms with Gasteiger partial charge in [-0.1, -0.05) is 36.7 Å². The van der Waals surface area contributed by atoms with E-state index in [1.165, 1.54) is 0 Å². The summed E-state index contributed by atoms with van der Waals surface area (Å²) in [6, 6.07) is 7.50. The average molecular weight is 241 g/mol. The Kier molecular flexibility index (Phi) is 5.90. The minimum atomic E-state index is -0.00614. The Balaban J connectivity index is 2.29. The molecule has 0 saturated heterocycles. The summed E-state index contributed by atoms with van der Waals surface area (Å²) in [5.74, 6) is -0.00614. The van der Waals surface area contributed by atoms with Crippen LogP contribution in [0, 0.1) is 0 Å². The largest absolute Gasteiger partial charge is 0.351 e. The Bertz CT molecular complexity index is 342. The highest BCUT2D eigenvalue weighted by Gasteiger charge is 2.02. The van der Waals surface area contributed by atoms with Gasteiger partial charge in [0.2, 0.25) is 5.91 Å². The maximum absolute atomic E-state index is 11.4. The molecule has 3 nitrogen and oxygen atoms in total. The molecule has 0 bridgehead atoms. The average Bonchev–Trinajstić information content (AvgIpc) is 2.28. The molecule has 0 saturated carbocycles. The monoisotopic (exact) mass is 240 g/mol. The van der Waals surface area contributed by atoms with Crippen LogP contribution in [0.4, 0.5) is 0 Å². The van der Waals surface area contributed by atoms with E-state index in [-0.39, 0.29) is 5.91 Å². The maximum atomic E-state index is 11.4. The van der Waals surface area contributed by atoms with Crippen molar-refractivity contribution in [3.8, 4) is 0 Å². The van der Waals surface area contributed by atoms with Crippen LogP contribution >= 0.6 is 11.6 Å². The number of halogens is 1. The molecule has 0 unspecified atom stereocenters. The van der Waals surface area contributed by atoms with Crippen LogP contribution in [0.5, 0.6) is 0 Å². The lowest BCUT2D eigenvalue weighted by Gasteiger charge is -2.07. The van der Waals surface area contributed by atoms with Gasteiger partial charge < -0.3 is 10.6 Å². The summed E-state index contributed by atoms with van der Waals surface area (Å²) in [6.45, 7) is 3.76. The van der Waals surface area contributed by atoms with E-state index in [2.05, 4.69) is 17.6 Å². The molecule has 0 heterocycles. The summed E-state index contributed by atoms with van der Waals surface area (Å²) in [7, 11) is 0. The first kappa shape index (κ1) is 13.0. The van der Waals surface area contributed by atoms with Gasteiger partial charge in [-0.05, 0) is 24.6 Å². The lowest BCUT2D eigenvalue weighted by molar-refractivity contribution is -0.120. The van der Waals surface area contributed by atoms with Crippen LogP contribution < -0.4 is 10.6 Å². The number of carbonyl (C=O) groups excluding carboxylic acids is 1. The molecule has 88 valence electrons. The molecule has 0 atom stereocenters. The second-order valence-electron chi connectivity index (χ2n) is 3.54. The molecular formula is C12H17ClN2O. The zero-order valence-corrected chi connectivity index (χ0v) is 10.2. The fraction of sp³-hybridized carbons (Fsp3) is 0.417. The fourth-order valence-electron chi connectivity index (χ4n) is 1.28. The van der Waals surface area contributed by atoms with Gasteiger partial charge in [0.1, 0.15) is 0 Å². The van der Waals surface area contributed by atoms with Gasteiger partial charge in [0.25, 0.3) is 0 Å². The summed E-state index contributed by atoms with van der Waals surface area (Å²) in [5.41, 5.74) is 0.938. The number of carbonyl (C=O) groups is 1. The molecule has 0 radical (unpaired) electrons. The summed E-state index contributed by atoms with van der Waals surface area (Å²) in [6.07, 6.45) is 1.03. The van der Waals surface area contributed by atoms with Crippen molar-refractivity contribution in [2.45, 2.75) is 19.9 Å². The van der Waals surface area contributed by atoms with E-state index in [0.717, 1.165) is 18.5 Å². The first-order valence-electron chi connectivity index (χ1n) is 5.45. The van der Waals surface area contributed by atoms with Gasteiger partial charge in [0.05, 0.1) is 6.54 Å². The predicted molar refractivity (Wildman–Crippen MR) is 66.5 cm³/mol. The predicted octanol–water partition coefficient (Wildman–Crippen LogP) is 1.96. The Labute approximate surface area is 101 Å². The van der Waals surface area contributed by atoms with Gasteiger partial charge in [-0.25, -0.2) is 0 Å². The summed E-state index contributed by atoms with van der Waals surface area (Å²) in [4.78, 5) is 11.4. The molecule has 4 heteroatoms. The molecule has 0 aromatic heterocycles. The second kappa shape index (κ2) is 7.25. The Morgan fingerprint density at radius 3 is 2.81 bits per heavy atom. The van der Waals surface area contributed by atoms with E-state index in [1.807, 2.05) is 24.3 Å². The number of amides is 1. The summed E-state index contributed by atoms with van der Waals surface area (Å²) in [5, 5.41) is 6.54. The van der Waals surface area contributed by atoms with Gasteiger partial charge in [-0.15, -0.1) is 0 Å². The van der Waals surface area contributed by atoms with Gasteiger partial charge >= 0.3 is 0 Å². The van der Waals surface area contributed by atoms with Crippen molar-refractivity contribution in [3.05, 3.63) is 34.9 Å². The summed E-state index contributed by atoms with van der Waals surface area (Å²) < 4.78 is 0. The number of rotatable bonds is 6. The van der Waals surface area contributed by atoms with Crippen molar-refractivity contribution in [1.29, 1.82) is 0 Å². The highest BCUT2D eigenvalue weighted by molar-refractivity contribution is 6.31. The van der Waals surface area contributed by atoms with Crippen molar-refractivity contribution in [2.24, 2.45) is 0 Å². The van der Waals surface area contributed by atoms with Crippen molar-refractivity contribution < 1.29 is 4.79 Å². The van der Waals surface area contributed by atoms with Crippen LogP contribution in [0.1, 0.15) is 18.9 Å². The minimum absolute atomic E-state index is 0.00614. The molecule has 1 aromatic rings. The molecule has 1 rings (SSSR count). The van der Waals surface area contributed by atoms with E-state index in [4.69, 9.17) is 11.6 Å². The third-order valence-electron chi connectivity index (χ3n) is 2.15. The van der Waals surface area contributed by atoms with E-state index < -0.39 is 0 Å². The highest BCUT2D eigenvalue weighted by atomic mass is 35.5.